The van der Waals surface area contributed by atoms with Gasteiger partial charge in [0.15, 0.2) is 5.82 Å². The summed E-state index contributed by atoms with van der Waals surface area (Å²) in [6, 6.07) is 4.04. The minimum absolute atomic E-state index is 0.0619. The molecule has 1 unspecified atom stereocenters. The third-order valence-electron chi connectivity index (χ3n) is 3.65. The molecule has 0 spiro atoms. The quantitative estimate of drug-likeness (QED) is 0.816. The summed E-state index contributed by atoms with van der Waals surface area (Å²) < 4.78 is 0. The molecule has 2 rings (SSSR count). The molecule has 1 aromatic rings. The topological polar surface area (TPSA) is 58.1 Å². The molecule has 22 heavy (non-hydrogen) atoms. The first-order chi connectivity index (χ1) is 10.6. The number of nitrogens with one attached hydrogen (secondary N) is 1. The molecule has 5 nitrogen and oxygen atoms in total. The highest BCUT2D eigenvalue weighted by molar-refractivity contribution is 7.99. The summed E-state index contributed by atoms with van der Waals surface area (Å²) in [6.07, 6.45) is 2.96. The highest BCUT2D eigenvalue weighted by atomic mass is 32.2. The molecular formula is C16H26N4OS. The van der Waals surface area contributed by atoms with Crippen LogP contribution in [0.15, 0.2) is 17.2 Å². The second-order valence-corrected chi connectivity index (χ2v) is 7.57. The van der Waals surface area contributed by atoms with Gasteiger partial charge in [0, 0.05) is 24.9 Å². The van der Waals surface area contributed by atoms with Crippen LogP contribution in [-0.4, -0.2) is 41.0 Å². The van der Waals surface area contributed by atoms with Crippen LogP contribution >= 0.6 is 11.8 Å². The van der Waals surface area contributed by atoms with Crippen molar-refractivity contribution in [2.45, 2.75) is 50.3 Å². The molecule has 1 amide bonds. The SMILES string of the molecule is CCCNC(=O)C1CCCN(c2ccc(SC(C)C)nn2)C1. The van der Waals surface area contributed by atoms with E-state index in [1.807, 2.05) is 12.1 Å². The minimum atomic E-state index is 0.0619. The van der Waals surface area contributed by atoms with E-state index in [1.54, 1.807) is 11.8 Å². The average molecular weight is 322 g/mol. The standard InChI is InChI=1S/C16H26N4OS/c1-4-9-17-16(21)13-6-5-10-20(11-13)14-7-8-15(19-18-14)22-12(2)3/h7-8,12-13H,4-6,9-11H2,1-3H3,(H,17,21). The maximum atomic E-state index is 12.1. The lowest BCUT2D eigenvalue weighted by atomic mass is 9.97. The molecule has 122 valence electrons. The van der Waals surface area contributed by atoms with Gasteiger partial charge in [-0.3, -0.25) is 4.79 Å². The number of carbonyl (C=O) groups is 1. The first-order valence-electron chi connectivity index (χ1n) is 8.13. The van der Waals surface area contributed by atoms with Crippen molar-refractivity contribution in [1.82, 2.24) is 15.5 Å². The van der Waals surface area contributed by atoms with E-state index in [-0.39, 0.29) is 11.8 Å². The Morgan fingerprint density at radius 3 is 2.91 bits per heavy atom. The zero-order valence-electron chi connectivity index (χ0n) is 13.7. The van der Waals surface area contributed by atoms with E-state index in [1.165, 1.54) is 0 Å². The van der Waals surface area contributed by atoms with Gasteiger partial charge in [0.25, 0.3) is 0 Å². The number of anilines is 1. The largest absolute Gasteiger partial charge is 0.356 e. The molecule has 0 aliphatic carbocycles. The van der Waals surface area contributed by atoms with Crippen molar-refractivity contribution in [1.29, 1.82) is 0 Å². The van der Waals surface area contributed by atoms with Crippen LogP contribution in [0.3, 0.4) is 0 Å². The van der Waals surface area contributed by atoms with E-state index in [0.717, 1.165) is 49.7 Å². The van der Waals surface area contributed by atoms with Crippen molar-refractivity contribution in [2.24, 2.45) is 5.92 Å². The molecular weight excluding hydrogens is 296 g/mol. The summed E-state index contributed by atoms with van der Waals surface area (Å²) in [5.41, 5.74) is 0. The Morgan fingerprint density at radius 2 is 2.27 bits per heavy atom. The Labute approximate surface area is 137 Å². The van der Waals surface area contributed by atoms with Crippen LogP contribution < -0.4 is 10.2 Å². The van der Waals surface area contributed by atoms with Gasteiger partial charge in [-0.05, 0) is 31.4 Å². The van der Waals surface area contributed by atoms with Crippen molar-refractivity contribution < 1.29 is 4.79 Å². The van der Waals surface area contributed by atoms with Gasteiger partial charge < -0.3 is 10.2 Å². The fraction of sp³-hybridized carbons (Fsp3) is 0.688. The zero-order valence-corrected chi connectivity index (χ0v) is 14.5. The van der Waals surface area contributed by atoms with E-state index in [0.29, 0.717) is 5.25 Å². The highest BCUT2D eigenvalue weighted by Crippen LogP contribution is 2.24. The van der Waals surface area contributed by atoms with Crippen molar-refractivity contribution in [2.75, 3.05) is 24.5 Å². The maximum absolute atomic E-state index is 12.1. The third-order valence-corrected chi connectivity index (χ3v) is 4.58. The first kappa shape index (κ1) is 17.1. The van der Waals surface area contributed by atoms with Crippen LogP contribution in [0.2, 0.25) is 0 Å². The fourth-order valence-electron chi connectivity index (χ4n) is 2.58. The predicted molar refractivity (Wildman–Crippen MR) is 91.3 cm³/mol. The Hall–Kier alpha value is -1.30. The number of hydrogen-bond acceptors (Lipinski definition) is 5. The summed E-state index contributed by atoms with van der Waals surface area (Å²) in [5.74, 6) is 1.11. The molecule has 1 aromatic heterocycles. The molecule has 0 radical (unpaired) electrons. The molecule has 0 saturated carbocycles. The van der Waals surface area contributed by atoms with Gasteiger partial charge in [0.05, 0.1) is 5.92 Å². The molecule has 0 bridgehead atoms. The van der Waals surface area contributed by atoms with Crippen LogP contribution in [0.5, 0.6) is 0 Å². The monoisotopic (exact) mass is 322 g/mol. The predicted octanol–water partition coefficient (Wildman–Crippen LogP) is 2.72. The Kier molecular flexibility index (Phi) is 6.49. The highest BCUT2D eigenvalue weighted by Gasteiger charge is 2.26. The molecule has 1 fully saturated rings. The van der Waals surface area contributed by atoms with Gasteiger partial charge in [-0.15, -0.1) is 22.0 Å². The summed E-state index contributed by atoms with van der Waals surface area (Å²) >= 11 is 1.71. The summed E-state index contributed by atoms with van der Waals surface area (Å²) in [7, 11) is 0. The number of aromatic nitrogens is 2. The number of hydrogen-bond donors (Lipinski definition) is 1. The lowest BCUT2D eigenvalue weighted by molar-refractivity contribution is -0.125. The number of carbonyl (C=O) groups excluding carboxylic acids is 1. The van der Waals surface area contributed by atoms with E-state index >= 15 is 0 Å². The zero-order chi connectivity index (χ0) is 15.9. The van der Waals surface area contributed by atoms with Gasteiger partial charge >= 0.3 is 0 Å². The van der Waals surface area contributed by atoms with E-state index in [4.69, 9.17) is 0 Å². The fourth-order valence-corrected chi connectivity index (χ4v) is 3.30. The lowest BCUT2D eigenvalue weighted by Gasteiger charge is -2.32. The number of amides is 1. The molecule has 6 heteroatoms. The molecule has 1 atom stereocenters. The Bertz CT molecular complexity index is 478. The number of thioether (sulfide) groups is 1. The second kappa shape index (κ2) is 8.36. The van der Waals surface area contributed by atoms with Crippen LogP contribution in [0, 0.1) is 5.92 Å². The first-order valence-corrected chi connectivity index (χ1v) is 9.01. The molecule has 2 heterocycles. The van der Waals surface area contributed by atoms with Gasteiger partial charge in [-0.25, -0.2) is 0 Å². The molecule has 1 aliphatic heterocycles. The number of piperidine rings is 1. The van der Waals surface area contributed by atoms with Crippen molar-refractivity contribution >= 4 is 23.5 Å². The number of nitrogens with zero attached hydrogens (tertiary/aromatic N) is 3. The van der Waals surface area contributed by atoms with Gasteiger partial charge in [-0.1, -0.05) is 20.8 Å². The van der Waals surface area contributed by atoms with Crippen LogP contribution in [0.1, 0.15) is 40.0 Å². The van der Waals surface area contributed by atoms with Crippen molar-refractivity contribution in [3.63, 3.8) is 0 Å². The molecule has 0 aromatic carbocycles. The summed E-state index contributed by atoms with van der Waals surface area (Å²) in [6.45, 7) is 8.80. The van der Waals surface area contributed by atoms with Crippen molar-refractivity contribution in [3.8, 4) is 0 Å². The van der Waals surface area contributed by atoms with Crippen molar-refractivity contribution in [3.05, 3.63) is 12.1 Å². The average Bonchev–Trinajstić information content (AvgIpc) is 2.53. The Morgan fingerprint density at radius 1 is 1.45 bits per heavy atom. The normalized spacial score (nSPS) is 18.5. The lowest BCUT2D eigenvalue weighted by Crippen LogP contribution is -2.43. The van der Waals surface area contributed by atoms with E-state index in [9.17, 15) is 4.79 Å². The van der Waals surface area contributed by atoms with Crippen LogP contribution in [-0.2, 0) is 4.79 Å². The molecule has 1 saturated heterocycles. The van der Waals surface area contributed by atoms with Gasteiger partial charge in [0.1, 0.15) is 5.03 Å². The van der Waals surface area contributed by atoms with E-state index < -0.39 is 0 Å². The van der Waals surface area contributed by atoms with Gasteiger partial charge in [0.2, 0.25) is 5.91 Å². The molecule has 1 N–H and O–H groups in total. The molecule has 1 aliphatic rings. The maximum Gasteiger partial charge on any atom is 0.224 e. The number of rotatable bonds is 6. The minimum Gasteiger partial charge on any atom is -0.356 e. The summed E-state index contributed by atoms with van der Waals surface area (Å²) in [4.78, 5) is 14.3. The Balaban J connectivity index is 1.95. The second-order valence-electron chi connectivity index (χ2n) is 5.97. The summed E-state index contributed by atoms with van der Waals surface area (Å²) in [5, 5.41) is 13.1. The van der Waals surface area contributed by atoms with Crippen LogP contribution in [0.25, 0.3) is 0 Å². The third kappa shape index (κ3) is 4.87. The van der Waals surface area contributed by atoms with Crippen LogP contribution in [0.4, 0.5) is 5.82 Å². The smallest absolute Gasteiger partial charge is 0.224 e. The van der Waals surface area contributed by atoms with Gasteiger partial charge in [-0.2, -0.15) is 0 Å². The van der Waals surface area contributed by atoms with E-state index in [2.05, 4.69) is 41.2 Å².